The lowest BCUT2D eigenvalue weighted by Crippen LogP contribution is -2.25. The van der Waals surface area contributed by atoms with E-state index in [0.29, 0.717) is 0 Å². The van der Waals surface area contributed by atoms with Crippen molar-refractivity contribution < 1.29 is 9.72 Å². The second-order valence-electron chi connectivity index (χ2n) is 2.84. The number of carbonyl (C=O) groups is 1. The molecule has 1 N–H and O–H groups in total. The Hall–Kier alpha value is -2.29. The Morgan fingerprint density at radius 2 is 2.47 bits per heavy atom. The monoisotopic (exact) mass is 207 g/mol. The molecule has 6 heteroatoms. The van der Waals surface area contributed by atoms with Crippen LogP contribution in [-0.4, -0.2) is 21.9 Å². The zero-order valence-electron chi connectivity index (χ0n) is 8.06. The van der Waals surface area contributed by atoms with E-state index in [1.807, 2.05) is 0 Å². The normalized spacial score (nSPS) is 9.33. The summed E-state index contributed by atoms with van der Waals surface area (Å²) in [4.78, 5) is 21.3. The predicted molar refractivity (Wildman–Crippen MR) is 53.2 cm³/mol. The van der Waals surface area contributed by atoms with Gasteiger partial charge in [0.15, 0.2) is 0 Å². The average Bonchev–Trinajstić information content (AvgIpc) is 2.57. The number of hydrogen-bond acceptors (Lipinski definition) is 3. The van der Waals surface area contributed by atoms with Crippen LogP contribution < -0.4 is 5.32 Å². The molecule has 0 bridgehead atoms. The summed E-state index contributed by atoms with van der Waals surface area (Å²) in [6.45, 7) is 0.0951. The zero-order chi connectivity index (χ0) is 11.4. The molecular weight excluding hydrogens is 198 g/mol. The lowest BCUT2D eigenvalue weighted by atomic mass is 10.4. The number of terminal acetylenes is 1. The van der Waals surface area contributed by atoms with Gasteiger partial charge in [-0.1, -0.05) is 5.92 Å². The Morgan fingerprint density at radius 3 is 2.93 bits per heavy atom. The van der Waals surface area contributed by atoms with Gasteiger partial charge in [0.1, 0.15) is 5.69 Å². The molecule has 15 heavy (non-hydrogen) atoms. The van der Waals surface area contributed by atoms with Gasteiger partial charge in [-0.2, -0.15) is 0 Å². The molecule has 0 unspecified atom stereocenters. The molecule has 0 atom stereocenters. The lowest BCUT2D eigenvalue weighted by Gasteiger charge is -2.00. The number of amides is 1. The molecule has 0 saturated carbocycles. The van der Waals surface area contributed by atoms with Gasteiger partial charge in [-0.15, -0.1) is 6.42 Å². The SMILES string of the molecule is C#CCNC(=O)c1cc([N+](=O)[O-])cn1C. The summed E-state index contributed by atoms with van der Waals surface area (Å²) in [5, 5.41) is 12.9. The molecule has 0 radical (unpaired) electrons. The van der Waals surface area contributed by atoms with Crippen LogP contribution in [0.4, 0.5) is 5.69 Å². The number of nitrogens with zero attached hydrogens (tertiary/aromatic N) is 2. The van der Waals surface area contributed by atoms with E-state index in [4.69, 9.17) is 6.42 Å². The van der Waals surface area contributed by atoms with Gasteiger partial charge in [0, 0.05) is 13.1 Å². The minimum Gasteiger partial charge on any atom is -0.340 e. The van der Waals surface area contributed by atoms with Gasteiger partial charge in [0.25, 0.3) is 11.6 Å². The van der Waals surface area contributed by atoms with Gasteiger partial charge >= 0.3 is 0 Å². The highest BCUT2D eigenvalue weighted by Gasteiger charge is 2.16. The smallest absolute Gasteiger partial charge is 0.287 e. The Morgan fingerprint density at radius 1 is 1.80 bits per heavy atom. The van der Waals surface area contributed by atoms with Crippen molar-refractivity contribution in [1.29, 1.82) is 0 Å². The standard InChI is InChI=1S/C9H9N3O3/c1-3-4-10-9(13)8-5-7(12(14)15)6-11(8)2/h1,5-6H,4H2,2H3,(H,10,13). The van der Waals surface area contributed by atoms with E-state index in [2.05, 4.69) is 11.2 Å². The lowest BCUT2D eigenvalue weighted by molar-refractivity contribution is -0.384. The molecule has 1 aromatic heterocycles. The largest absolute Gasteiger partial charge is 0.340 e. The summed E-state index contributed by atoms with van der Waals surface area (Å²) < 4.78 is 1.38. The van der Waals surface area contributed by atoms with E-state index in [0.717, 1.165) is 0 Å². The van der Waals surface area contributed by atoms with Crippen molar-refractivity contribution in [3.05, 3.63) is 28.1 Å². The topological polar surface area (TPSA) is 77.2 Å². The Labute approximate surface area is 86.0 Å². The average molecular weight is 207 g/mol. The first kappa shape index (κ1) is 10.8. The highest BCUT2D eigenvalue weighted by atomic mass is 16.6. The molecule has 0 aliphatic carbocycles. The van der Waals surface area contributed by atoms with Crippen LogP contribution in [-0.2, 0) is 7.05 Å². The van der Waals surface area contributed by atoms with Crippen molar-refractivity contribution >= 4 is 11.6 Å². The second-order valence-corrected chi connectivity index (χ2v) is 2.84. The van der Waals surface area contributed by atoms with Crippen molar-refractivity contribution in [3.8, 4) is 12.3 Å². The Bertz CT molecular complexity index is 442. The van der Waals surface area contributed by atoms with E-state index in [-0.39, 0.29) is 17.9 Å². The van der Waals surface area contributed by atoms with Crippen LogP contribution in [0.3, 0.4) is 0 Å². The molecular formula is C9H9N3O3. The molecule has 0 aromatic carbocycles. The predicted octanol–water partition coefficient (Wildman–Crippen LogP) is 0.296. The summed E-state index contributed by atoms with van der Waals surface area (Å²) in [5.74, 6) is 1.82. The summed E-state index contributed by atoms with van der Waals surface area (Å²) in [5.41, 5.74) is 0.0836. The fourth-order valence-corrected chi connectivity index (χ4v) is 1.09. The number of aromatic nitrogens is 1. The highest BCUT2D eigenvalue weighted by molar-refractivity contribution is 5.93. The number of carbonyl (C=O) groups excluding carboxylic acids is 1. The minimum absolute atomic E-state index is 0.0951. The maximum atomic E-state index is 11.4. The van der Waals surface area contributed by atoms with Crippen molar-refractivity contribution in [1.82, 2.24) is 9.88 Å². The van der Waals surface area contributed by atoms with Crippen molar-refractivity contribution in [3.63, 3.8) is 0 Å². The van der Waals surface area contributed by atoms with Crippen LogP contribution >= 0.6 is 0 Å². The molecule has 0 fully saturated rings. The van der Waals surface area contributed by atoms with Crippen LogP contribution in [0.5, 0.6) is 0 Å². The molecule has 0 aliphatic heterocycles. The summed E-state index contributed by atoms with van der Waals surface area (Å²) >= 11 is 0. The molecule has 6 nitrogen and oxygen atoms in total. The van der Waals surface area contributed by atoms with Crippen molar-refractivity contribution in [2.24, 2.45) is 7.05 Å². The van der Waals surface area contributed by atoms with E-state index in [9.17, 15) is 14.9 Å². The first-order chi connectivity index (χ1) is 7.06. The Kier molecular flexibility index (Phi) is 3.08. The number of nitro groups is 1. The molecule has 1 amide bonds. The van der Waals surface area contributed by atoms with Gasteiger partial charge in [-0.3, -0.25) is 14.9 Å². The maximum absolute atomic E-state index is 11.4. The molecule has 1 rings (SSSR count). The summed E-state index contributed by atoms with van der Waals surface area (Å²) in [6, 6.07) is 1.20. The van der Waals surface area contributed by atoms with E-state index in [1.54, 1.807) is 7.05 Å². The van der Waals surface area contributed by atoms with E-state index >= 15 is 0 Å². The highest BCUT2D eigenvalue weighted by Crippen LogP contribution is 2.14. The van der Waals surface area contributed by atoms with Crippen LogP contribution in [0.2, 0.25) is 0 Å². The Balaban J connectivity index is 2.90. The first-order valence-electron chi connectivity index (χ1n) is 4.08. The van der Waals surface area contributed by atoms with Gasteiger partial charge in [0.05, 0.1) is 17.7 Å². The first-order valence-corrected chi connectivity index (χ1v) is 4.08. The molecule has 0 aliphatic rings. The number of aryl methyl sites for hydroxylation is 1. The van der Waals surface area contributed by atoms with Crippen LogP contribution in [0, 0.1) is 22.5 Å². The van der Waals surface area contributed by atoms with Gasteiger partial charge in [-0.25, -0.2) is 0 Å². The van der Waals surface area contributed by atoms with Crippen molar-refractivity contribution in [2.45, 2.75) is 0 Å². The summed E-state index contributed by atoms with van der Waals surface area (Å²) in [6.07, 6.45) is 6.24. The zero-order valence-corrected chi connectivity index (χ0v) is 8.06. The van der Waals surface area contributed by atoms with E-state index < -0.39 is 10.8 Å². The van der Waals surface area contributed by atoms with Gasteiger partial charge < -0.3 is 9.88 Å². The third kappa shape index (κ3) is 2.34. The van der Waals surface area contributed by atoms with Gasteiger partial charge in [-0.05, 0) is 0 Å². The molecule has 1 heterocycles. The fourth-order valence-electron chi connectivity index (χ4n) is 1.09. The van der Waals surface area contributed by atoms with Crippen LogP contribution in [0.1, 0.15) is 10.5 Å². The van der Waals surface area contributed by atoms with Gasteiger partial charge in [0.2, 0.25) is 0 Å². The number of nitrogens with one attached hydrogen (secondary N) is 1. The quantitative estimate of drug-likeness (QED) is 0.439. The van der Waals surface area contributed by atoms with Crippen LogP contribution in [0.15, 0.2) is 12.3 Å². The second kappa shape index (κ2) is 4.28. The number of hydrogen-bond donors (Lipinski definition) is 1. The van der Waals surface area contributed by atoms with Crippen LogP contribution in [0.25, 0.3) is 0 Å². The van der Waals surface area contributed by atoms with Crippen molar-refractivity contribution in [2.75, 3.05) is 6.54 Å². The molecule has 78 valence electrons. The molecule has 0 saturated heterocycles. The summed E-state index contributed by atoms with van der Waals surface area (Å²) in [7, 11) is 1.55. The van der Waals surface area contributed by atoms with E-state index in [1.165, 1.54) is 16.8 Å². The maximum Gasteiger partial charge on any atom is 0.287 e. The number of rotatable bonds is 3. The molecule has 1 aromatic rings. The third-order valence-electron chi connectivity index (χ3n) is 1.78. The fraction of sp³-hybridized carbons (Fsp3) is 0.222. The third-order valence-corrected chi connectivity index (χ3v) is 1.78. The molecule has 0 spiro atoms. The minimum atomic E-state index is -0.558.